The molecule has 6 nitrogen and oxygen atoms in total. The molecule has 1 aliphatic rings. The summed E-state index contributed by atoms with van der Waals surface area (Å²) in [6.45, 7) is 5.50. The van der Waals surface area contributed by atoms with Crippen LogP contribution in [0.2, 0.25) is 0 Å². The number of hydrogen-bond donors (Lipinski definition) is 0. The van der Waals surface area contributed by atoms with Crippen LogP contribution in [0.4, 0.5) is 5.69 Å². The highest BCUT2D eigenvalue weighted by atomic mass is 32.2. The Bertz CT molecular complexity index is 887. The molecular weight excluding hydrogens is 364 g/mol. The lowest BCUT2D eigenvalue weighted by Crippen LogP contribution is -2.47. The molecule has 1 amide bonds. The predicted octanol–water partition coefficient (Wildman–Crippen LogP) is 2.36. The lowest BCUT2D eigenvalue weighted by molar-refractivity contribution is -0.133. The molecule has 2 aromatic rings. The van der Waals surface area contributed by atoms with Crippen molar-refractivity contribution in [2.45, 2.75) is 18.7 Å². The van der Waals surface area contributed by atoms with Crippen molar-refractivity contribution in [3.8, 4) is 0 Å². The van der Waals surface area contributed by atoms with Crippen molar-refractivity contribution in [3.63, 3.8) is 0 Å². The molecule has 1 fully saturated rings. The zero-order valence-corrected chi connectivity index (χ0v) is 16.4. The van der Waals surface area contributed by atoms with Gasteiger partial charge in [0.05, 0.1) is 23.8 Å². The van der Waals surface area contributed by atoms with Crippen LogP contribution in [-0.4, -0.2) is 52.1 Å². The average molecular weight is 388 g/mol. The molecular formula is C20H24N2O4S. The van der Waals surface area contributed by atoms with Crippen LogP contribution >= 0.6 is 0 Å². The molecule has 144 valence electrons. The molecule has 1 aliphatic heterocycles. The number of nitrogens with zero attached hydrogens (tertiary/aromatic N) is 2. The van der Waals surface area contributed by atoms with Gasteiger partial charge in [-0.15, -0.1) is 0 Å². The van der Waals surface area contributed by atoms with Crippen molar-refractivity contribution in [1.29, 1.82) is 0 Å². The fourth-order valence-electron chi connectivity index (χ4n) is 2.90. The maximum atomic E-state index is 13.3. The van der Waals surface area contributed by atoms with E-state index in [1.54, 1.807) is 41.3 Å². The third-order valence-corrected chi connectivity index (χ3v) is 6.36. The standard InChI is InChI=1S/C20H24N2O4S/c1-16-3-7-18(8-4-16)22(15-20(23)21-11-13-26-14-12-21)27(24,25)19-9-5-17(2)6-10-19/h3-10H,11-15H2,1-2H3. The van der Waals surface area contributed by atoms with Crippen molar-refractivity contribution >= 4 is 21.6 Å². The van der Waals surface area contributed by atoms with Gasteiger partial charge in [-0.3, -0.25) is 9.10 Å². The van der Waals surface area contributed by atoms with E-state index in [4.69, 9.17) is 4.74 Å². The summed E-state index contributed by atoms with van der Waals surface area (Å²) >= 11 is 0. The Kier molecular flexibility index (Phi) is 5.82. The second-order valence-electron chi connectivity index (χ2n) is 6.65. The molecule has 27 heavy (non-hydrogen) atoms. The van der Waals surface area contributed by atoms with E-state index in [9.17, 15) is 13.2 Å². The van der Waals surface area contributed by atoms with Gasteiger partial charge >= 0.3 is 0 Å². The third kappa shape index (κ3) is 4.48. The molecule has 0 spiro atoms. The number of carbonyl (C=O) groups excluding carboxylic acids is 1. The predicted molar refractivity (Wildman–Crippen MR) is 104 cm³/mol. The van der Waals surface area contributed by atoms with Gasteiger partial charge in [-0.25, -0.2) is 8.42 Å². The number of carbonyl (C=O) groups is 1. The highest BCUT2D eigenvalue weighted by Gasteiger charge is 2.29. The molecule has 0 bridgehead atoms. The normalized spacial score (nSPS) is 14.8. The van der Waals surface area contributed by atoms with Gasteiger partial charge in [0, 0.05) is 13.1 Å². The Labute approximate surface area is 160 Å². The van der Waals surface area contributed by atoms with Crippen LogP contribution in [-0.2, 0) is 19.6 Å². The molecule has 0 atom stereocenters. The van der Waals surface area contributed by atoms with Gasteiger partial charge in [0.25, 0.3) is 10.0 Å². The van der Waals surface area contributed by atoms with Crippen molar-refractivity contribution in [2.75, 3.05) is 37.2 Å². The van der Waals surface area contributed by atoms with Crippen LogP contribution in [0.15, 0.2) is 53.4 Å². The summed E-state index contributed by atoms with van der Waals surface area (Å²) < 4.78 is 33.0. The lowest BCUT2D eigenvalue weighted by Gasteiger charge is -2.30. The number of anilines is 1. The first kappa shape index (κ1) is 19.4. The topological polar surface area (TPSA) is 66.9 Å². The fourth-order valence-corrected chi connectivity index (χ4v) is 4.31. The first-order valence-corrected chi connectivity index (χ1v) is 10.3. The molecule has 0 saturated carbocycles. The maximum absolute atomic E-state index is 13.3. The van der Waals surface area contributed by atoms with Gasteiger partial charge in [0.1, 0.15) is 6.54 Å². The zero-order chi connectivity index (χ0) is 19.4. The van der Waals surface area contributed by atoms with Gasteiger partial charge in [-0.05, 0) is 38.1 Å². The van der Waals surface area contributed by atoms with E-state index in [-0.39, 0.29) is 17.3 Å². The highest BCUT2D eigenvalue weighted by molar-refractivity contribution is 7.92. The number of benzene rings is 2. The summed E-state index contributed by atoms with van der Waals surface area (Å²) in [4.78, 5) is 14.6. The average Bonchev–Trinajstić information content (AvgIpc) is 2.68. The molecule has 0 aromatic heterocycles. The van der Waals surface area contributed by atoms with Crippen LogP contribution in [0.1, 0.15) is 11.1 Å². The van der Waals surface area contributed by atoms with Gasteiger partial charge < -0.3 is 9.64 Å². The Hall–Kier alpha value is -2.38. The van der Waals surface area contributed by atoms with E-state index in [1.807, 2.05) is 26.0 Å². The van der Waals surface area contributed by atoms with E-state index in [0.29, 0.717) is 32.0 Å². The van der Waals surface area contributed by atoms with Gasteiger partial charge in [0.2, 0.25) is 5.91 Å². The summed E-state index contributed by atoms with van der Waals surface area (Å²) in [5, 5.41) is 0. The summed E-state index contributed by atoms with van der Waals surface area (Å²) in [5.74, 6) is -0.227. The summed E-state index contributed by atoms with van der Waals surface area (Å²) in [7, 11) is -3.86. The van der Waals surface area contributed by atoms with Crippen molar-refractivity contribution in [3.05, 3.63) is 59.7 Å². The van der Waals surface area contributed by atoms with Gasteiger partial charge in [-0.1, -0.05) is 35.4 Å². The Morgan fingerprint density at radius 1 is 0.963 bits per heavy atom. The van der Waals surface area contributed by atoms with E-state index in [1.165, 1.54) is 4.31 Å². The molecule has 0 unspecified atom stereocenters. The first-order chi connectivity index (χ1) is 12.9. The first-order valence-electron chi connectivity index (χ1n) is 8.89. The monoisotopic (exact) mass is 388 g/mol. The van der Waals surface area contributed by atoms with Crippen LogP contribution in [0.3, 0.4) is 0 Å². The molecule has 1 heterocycles. The Balaban J connectivity index is 1.95. The van der Waals surface area contributed by atoms with Crippen molar-refractivity contribution in [2.24, 2.45) is 0 Å². The molecule has 7 heteroatoms. The lowest BCUT2D eigenvalue weighted by atomic mass is 10.2. The smallest absolute Gasteiger partial charge is 0.264 e. The van der Waals surface area contributed by atoms with E-state index >= 15 is 0 Å². The number of morpholine rings is 1. The second-order valence-corrected chi connectivity index (χ2v) is 8.52. The highest BCUT2D eigenvalue weighted by Crippen LogP contribution is 2.24. The van der Waals surface area contributed by atoms with Crippen LogP contribution in [0.25, 0.3) is 0 Å². The third-order valence-electron chi connectivity index (χ3n) is 4.57. The quantitative estimate of drug-likeness (QED) is 0.789. The zero-order valence-electron chi connectivity index (χ0n) is 15.6. The molecule has 0 N–H and O–H groups in total. The van der Waals surface area contributed by atoms with Crippen molar-refractivity contribution < 1.29 is 17.9 Å². The minimum absolute atomic E-state index is 0.170. The van der Waals surface area contributed by atoms with E-state index in [2.05, 4.69) is 0 Å². The van der Waals surface area contributed by atoms with Crippen LogP contribution in [0.5, 0.6) is 0 Å². The number of hydrogen-bond acceptors (Lipinski definition) is 4. The van der Waals surface area contributed by atoms with Crippen LogP contribution < -0.4 is 4.31 Å². The number of sulfonamides is 1. The fraction of sp³-hybridized carbons (Fsp3) is 0.350. The number of amides is 1. The van der Waals surface area contributed by atoms with E-state index in [0.717, 1.165) is 11.1 Å². The Morgan fingerprint density at radius 2 is 1.48 bits per heavy atom. The molecule has 1 saturated heterocycles. The molecule has 0 aliphatic carbocycles. The largest absolute Gasteiger partial charge is 0.378 e. The maximum Gasteiger partial charge on any atom is 0.264 e. The number of aryl methyl sites for hydroxylation is 2. The number of rotatable bonds is 5. The second kappa shape index (κ2) is 8.10. The van der Waals surface area contributed by atoms with Crippen molar-refractivity contribution in [1.82, 2.24) is 4.90 Å². The molecule has 3 rings (SSSR count). The minimum atomic E-state index is -3.86. The minimum Gasteiger partial charge on any atom is -0.378 e. The molecule has 2 aromatic carbocycles. The number of ether oxygens (including phenoxy) is 1. The SMILES string of the molecule is Cc1ccc(N(CC(=O)N2CCOCC2)S(=O)(=O)c2ccc(C)cc2)cc1. The molecule has 0 radical (unpaired) electrons. The summed E-state index contributed by atoms with van der Waals surface area (Å²) in [5.41, 5.74) is 2.47. The van der Waals surface area contributed by atoms with Gasteiger partial charge in [-0.2, -0.15) is 0 Å². The summed E-state index contributed by atoms with van der Waals surface area (Å²) in [6.07, 6.45) is 0. The van der Waals surface area contributed by atoms with Crippen LogP contribution in [0, 0.1) is 13.8 Å². The van der Waals surface area contributed by atoms with Gasteiger partial charge in [0.15, 0.2) is 0 Å². The Morgan fingerprint density at radius 3 is 2.04 bits per heavy atom. The summed E-state index contributed by atoms with van der Waals surface area (Å²) in [6, 6.07) is 13.8. The van der Waals surface area contributed by atoms with E-state index < -0.39 is 10.0 Å².